The van der Waals surface area contributed by atoms with Gasteiger partial charge in [-0.25, -0.2) is 4.98 Å². The number of aryl methyl sites for hydroxylation is 2. The Morgan fingerprint density at radius 2 is 2.32 bits per heavy atom. The number of hydrogen-bond donors (Lipinski definition) is 1. The summed E-state index contributed by atoms with van der Waals surface area (Å²) in [5.41, 5.74) is 0.705. The maximum absolute atomic E-state index is 11.0. The first-order chi connectivity index (χ1) is 9.11. The van der Waals surface area contributed by atoms with E-state index in [2.05, 4.69) is 20.5 Å². The normalized spacial score (nSPS) is 10.4. The fourth-order valence-electron chi connectivity index (χ4n) is 1.67. The zero-order valence-corrected chi connectivity index (χ0v) is 10.7. The minimum atomic E-state index is -0.452. The van der Waals surface area contributed by atoms with Crippen LogP contribution in [-0.4, -0.2) is 24.7 Å². The average Bonchev–Trinajstić information content (AvgIpc) is 2.84. The SMILES string of the molecule is CCn1cnnc1CNc1ncc(C)cc1[N+](=O)[O-]. The number of nitro groups is 1. The van der Waals surface area contributed by atoms with Gasteiger partial charge in [-0.1, -0.05) is 0 Å². The Hall–Kier alpha value is -2.51. The lowest BCUT2D eigenvalue weighted by Crippen LogP contribution is -2.10. The van der Waals surface area contributed by atoms with Crippen LogP contribution in [0.25, 0.3) is 0 Å². The fourth-order valence-corrected chi connectivity index (χ4v) is 1.67. The summed E-state index contributed by atoms with van der Waals surface area (Å²) >= 11 is 0. The predicted octanol–water partition coefficient (Wildman–Crippen LogP) is 1.52. The molecule has 2 heterocycles. The number of aromatic nitrogens is 4. The number of nitrogens with zero attached hydrogens (tertiary/aromatic N) is 5. The van der Waals surface area contributed by atoms with E-state index in [0.717, 1.165) is 12.1 Å². The average molecular weight is 262 g/mol. The number of rotatable bonds is 5. The lowest BCUT2D eigenvalue weighted by atomic mass is 10.3. The van der Waals surface area contributed by atoms with Crippen LogP contribution in [0.4, 0.5) is 11.5 Å². The monoisotopic (exact) mass is 262 g/mol. The molecule has 2 rings (SSSR count). The quantitative estimate of drug-likeness (QED) is 0.648. The van der Waals surface area contributed by atoms with E-state index in [1.165, 1.54) is 6.07 Å². The summed E-state index contributed by atoms with van der Waals surface area (Å²) < 4.78 is 1.85. The minimum Gasteiger partial charge on any atom is -0.357 e. The van der Waals surface area contributed by atoms with Gasteiger partial charge in [0, 0.05) is 18.8 Å². The van der Waals surface area contributed by atoms with E-state index in [0.29, 0.717) is 12.4 Å². The highest BCUT2D eigenvalue weighted by Crippen LogP contribution is 2.22. The molecule has 0 aliphatic carbocycles. The highest BCUT2D eigenvalue weighted by Gasteiger charge is 2.15. The summed E-state index contributed by atoms with van der Waals surface area (Å²) in [6.45, 7) is 4.81. The maximum atomic E-state index is 11.0. The predicted molar refractivity (Wildman–Crippen MR) is 68.7 cm³/mol. The summed E-state index contributed by atoms with van der Waals surface area (Å²) in [5.74, 6) is 0.945. The molecule has 0 saturated heterocycles. The van der Waals surface area contributed by atoms with Crippen molar-refractivity contribution in [1.82, 2.24) is 19.7 Å². The van der Waals surface area contributed by atoms with Crippen LogP contribution in [0.2, 0.25) is 0 Å². The molecule has 0 bridgehead atoms. The second kappa shape index (κ2) is 5.42. The van der Waals surface area contributed by atoms with Crippen molar-refractivity contribution in [3.05, 3.63) is 40.1 Å². The highest BCUT2D eigenvalue weighted by molar-refractivity contribution is 5.56. The molecule has 0 atom stereocenters. The first kappa shape index (κ1) is 12.9. The molecule has 0 radical (unpaired) electrons. The van der Waals surface area contributed by atoms with Crippen molar-refractivity contribution < 1.29 is 4.92 Å². The fraction of sp³-hybridized carbons (Fsp3) is 0.364. The Balaban J connectivity index is 2.18. The molecule has 19 heavy (non-hydrogen) atoms. The van der Waals surface area contributed by atoms with Gasteiger partial charge in [0.25, 0.3) is 0 Å². The van der Waals surface area contributed by atoms with E-state index < -0.39 is 4.92 Å². The van der Waals surface area contributed by atoms with Gasteiger partial charge in [-0.2, -0.15) is 0 Å². The van der Waals surface area contributed by atoms with Crippen molar-refractivity contribution >= 4 is 11.5 Å². The molecule has 0 fully saturated rings. The van der Waals surface area contributed by atoms with Crippen molar-refractivity contribution in [2.45, 2.75) is 26.9 Å². The second-order valence-electron chi connectivity index (χ2n) is 4.02. The van der Waals surface area contributed by atoms with Gasteiger partial charge in [0.1, 0.15) is 6.33 Å². The van der Waals surface area contributed by atoms with E-state index in [-0.39, 0.29) is 11.5 Å². The summed E-state index contributed by atoms with van der Waals surface area (Å²) in [5, 5.41) is 21.6. The Kier molecular flexibility index (Phi) is 3.69. The van der Waals surface area contributed by atoms with Crippen molar-refractivity contribution in [1.29, 1.82) is 0 Å². The molecule has 1 N–H and O–H groups in total. The van der Waals surface area contributed by atoms with Crippen molar-refractivity contribution in [2.24, 2.45) is 0 Å². The van der Waals surface area contributed by atoms with Crippen LogP contribution in [0.5, 0.6) is 0 Å². The van der Waals surface area contributed by atoms with E-state index in [1.54, 1.807) is 19.4 Å². The molecule has 2 aromatic rings. The van der Waals surface area contributed by atoms with Crippen molar-refractivity contribution in [3.63, 3.8) is 0 Å². The lowest BCUT2D eigenvalue weighted by Gasteiger charge is -2.07. The molecule has 2 aromatic heterocycles. The molecule has 0 amide bonds. The van der Waals surface area contributed by atoms with E-state index in [1.807, 2.05) is 11.5 Å². The highest BCUT2D eigenvalue weighted by atomic mass is 16.6. The van der Waals surface area contributed by atoms with Crippen molar-refractivity contribution in [2.75, 3.05) is 5.32 Å². The van der Waals surface area contributed by atoms with Crippen LogP contribution in [-0.2, 0) is 13.1 Å². The third-order valence-corrected chi connectivity index (χ3v) is 2.65. The molecule has 0 aliphatic heterocycles. The van der Waals surface area contributed by atoms with Gasteiger partial charge < -0.3 is 9.88 Å². The standard InChI is InChI=1S/C11H14N6O2/c1-3-16-7-14-15-10(16)6-13-11-9(17(18)19)4-8(2)5-12-11/h4-5,7H,3,6H2,1-2H3,(H,12,13). The lowest BCUT2D eigenvalue weighted by molar-refractivity contribution is -0.384. The number of pyridine rings is 1. The number of nitrogens with one attached hydrogen (secondary N) is 1. The Morgan fingerprint density at radius 3 is 3.00 bits per heavy atom. The Labute approximate surface area is 109 Å². The van der Waals surface area contributed by atoms with Gasteiger partial charge in [0.15, 0.2) is 5.82 Å². The molecule has 0 unspecified atom stereocenters. The van der Waals surface area contributed by atoms with Gasteiger partial charge in [0.05, 0.1) is 11.5 Å². The molecule has 0 saturated carbocycles. The molecular weight excluding hydrogens is 248 g/mol. The van der Waals surface area contributed by atoms with Crippen LogP contribution >= 0.6 is 0 Å². The molecule has 0 aromatic carbocycles. The van der Waals surface area contributed by atoms with Crippen LogP contribution in [0.15, 0.2) is 18.6 Å². The van der Waals surface area contributed by atoms with Crippen LogP contribution in [0.1, 0.15) is 18.3 Å². The largest absolute Gasteiger partial charge is 0.357 e. The van der Waals surface area contributed by atoms with Crippen molar-refractivity contribution in [3.8, 4) is 0 Å². The van der Waals surface area contributed by atoms with Crippen LogP contribution < -0.4 is 5.32 Å². The van der Waals surface area contributed by atoms with E-state index in [9.17, 15) is 10.1 Å². The zero-order chi connectivity index (χ0) is 13.8. The topological polar surface area (TPSA) is 98.8 Å². The smallest absolute Gasteiger partial charge is 0.311 e. The van der Waals surface area contributed by atoms with Crippen LogP contribution in [0, 0.1) is 17.0 Å². The summed E-state index contributed by atoms with van der Waals surface area (Å²) in [6.07, 6.45) is 3.20. The first-order valence-electron chi connectivity index (χ1n) is 5.83. The third-order valence-electron chi connectivity index (χ3n) is 2.65. The van der Waals surface area contributed by atoms with Gasteiger partial charge in [-0.15, -0.1) is 10.2 Å². The Bertz CT molecular complexity index is 595. The minimum absolute atomic E-state index is 0.0393. The number of hydrogen-bond acceptors (Lipinski definition) is 6. The Morgan fingerprint density at radius 1 is 1.53 bits per heavy atom. The third kappa shape index (κ3) is 2.84. The van der Waals surface area contributed by atoms with E-state index >= 15 is 0 Å². The van der Waals surface area contributed by atoms with Gasteiger partial charge in [-0.05, 0) is 19.4 Å². The van der Waals surface area contributed by atoms with Gasteiger partial charge in [0.2, 0.25) is 5.82 Å². The molecule has 8 heteroatoms. The molecule has 0 aliphatic rings. The summed E-state index contributed by atoms with van der Waals surface area (Å²) in [6, 6.07) is 1.49. The molecule has 0 spiro atoms. The van der Waals surface area contributed by atoms with Gasteiger partial charge in [-0.3, -0.25) is 10.1 Å². The summed E-state index contributed by atoms with van der Waals surface area (Å²) in [7, 11) is 0. The van der Waals surface area contributed by atoms with Crippen LogP contribution in [0.3, 0.4) is 0 Å². The van der Waals surface area contributed by atoms with Gasteiger partial charge >= 0.3 is 5.69 Å². The van der Waals surface area contributed by atoms with E-state index in [4.69, 9.17) is 0 Å². The zero-order valence-electron chi connectivity index (χ0n) is 10.7. The molecular formula is C11H14N6O2. The molecule has 8 nitrogen and oxygen atoms in total. The second-order valence-corrected chi connectivity index (χ2v) is 4.02. The maximum Gasteiger partial charge on any atom is 0.311 e. The molecule has 100 valence electrons. The first-order valence-corrected chi connectivity index (χ1v) is 5.83. The number of anilines is 1. The summed E-state index contributed by atoms with van der Waals surface area (Å²) in [4.78, 5) is 14.5.